The Morgan fingerprint density at radius 2 is 2.19 bits per heavy atom. The lowest BCUT2D eigenvalue weighted by atomic mass is 10.1. The Morgan fingerprint density at radius 3 is 2.76 bits per heavy atom. The predicted molar refractivity (Wildman–Crippen MR) is 78.4 cm³/mol. The zero-order chi connectivity index (χ0) is 15.8. The molecule has 1 N–H and O–H groups in total. The molecule has 0 aromatic heterocycles. The standard InChI is InChI=1S/C16H20FNO3/c1-12(2)18(8-10-21-3)16(20)14-11-13(5-4-9-19)6-7-15(14)17/h6-7,11-12,19H,8-10H2,1-3H3. The van der Waals surface area contributed by atoms with Gasteiger partial charge in [-0.2, -0.15) is 0 Å². The highest BCUT2D eigenvalue weighted by Crippen LogP contribution is 2.14. The summed E-state index contributed by atoms with van der Waals surface area (Å²) in [6.45, 7) is 4.21. The van der Waals surface area contributed by atoms with E-state index in [1.807, 2.05) is 13.8 Å². The number of carbonyl (C=O) groups is 1. The van der Waals surface area contributed by atoms with Crippen molar-refractivity contribution in [2.24, 2.45) is 0 Å². The van der Waals surface area contributed by atoms with Crippen LogP contribution in [0.25, 0.3) is 0 Å². The number of aliphatic hydroxyl groups excluding tert-OH is 1. The van der Waals surface area contributed by atoms with Crippen molar-refractivity contribution < 1.29 is 19.0 Å². The molecule has 0 aliphatic rings. The summed E-state index contributed by atoms with van der Waals surface area (Å²) in [5.74, 6) is 4.16. The molecule has 4 nitrogen and oxygen atoms in total. The van der Waals surface area contributed by atoms with E-state index in [9.17, 15) is 9.18 Å². The van der Waals surface area contributed by atoms with Gasteiger partial charge in [0.1, 0.15) is 12.4 Å². The molecule has 0 spiro atoms. The van der Waals surface area contributed by atoms with Gasteiger partial charge in [0.25, 0.3) is 5.91 Å². The summed E-state index contributed by atoms with van der Waals surface area (Å²) in [4.78, 5) is 14.0. The van der Waals surface area contributed by atoms with E-state index in [0.29, 0.717) is 18.7 Å². The maximum Gasteiger partial charge on any atom is 0.257 e. The van der Waals surface area contributed by atoms with Crippen LogP contribution in [0.15, 0.2) is 18.2 Å². The summed E-state index contributed by atoms with van der Waals surface area (Å²) in [5, 5.41) is 8.68. The Kier molecular flexibility index (Phi) is 6.86. The number of amides is 1. The number of rotatable bonds is 5. The number of halogens is 1. The molecule has 1 aromatic rings. The molecule has 0 saturated heterocycles. The van der Waals surface area contributed by atoms with Crippen LogP contribution in [0.3, 0.4) is 0 Å². The van der Waals surface area contributed by atoms with Crippen LogP contribution in [-0.2, 0) is 4.74 Å². The van der Waals surface area contributed by atoms with Crippen LogP contribution in [0, 0.1) is 17.7 Å². The normalized spacial score (nSPS) is 10.2. The van der Waals surface area contributed by atoms with Crippen molar-refractivity contribution in [3.05, 3.63) is 35.1 Å². The van der Waals surface area contributed by atoms with Crippen molar-refractivity contribution >= 4 is 5.91 Å². The van der Waals surface area contributed by atoms with E-state index in [4.69, 9.17) is 9.84 Å². The van der Waals surface area contributed by atoms with Crippen LogP contribution in [-0.4, -0.2) is 48.8 Å². The van der Waals surface area contributed by atoms with Gasteiger partial charge < -0.3 is 14.7 Å². The number of methoxy groups -OCH3 is 1. The second-order valence-corrected chi connectivity index (χ2v) is 4.74. The largest absolute Gasteiger partial charge is 0.384 e. The number of ether oxygens (including phenoxy) is 1. The smallest absolute Gasteiger partial charge is 0.257 e. The Bertz CT molecular complexity index is 546. The average molecular weight is 293 g/mol. The molecule has 0 aliphatic carbocycles. The first-order valence-corrected chi connectivity index (χ1v) is 6.70. The number of aliphatic hydroxyl groups is 1. The van der Waals surface area contributed by atoms with E-state index in [2.05, 4.69) is 11.8 Å². The Labute approximate surface area is 124 Å². The molecule has 1 rings (SSSR count). The lowest BCUT2D eigenvalue weighted by Gasteiger charge is -2.26. The van der Waals surface area contributed by atoms with Crippen LogP contribution in [0.4, 0.5) is 4.39 Å². The summed E-state index contributed by atoms with van der Waals surface area (Å²) in [5.41, 5.74) is 0.466. The molecule has 1 aromatic carbocycles. The van der Waals surface area contributed by atoms with Crippen molar-refractivity contribution in [2.45, 2.75) is 19.9 Å². The molecule has 0 saturated carbocycles. The number of benzene rings is 1. The van der Waals surface area contributed by atoms with Gasteiger partial charge in [-0.3, -0.25) is 4.79 Å². The zero-order valence-corrected chi connectivity index (χ0v) is 12.5. The van der Waals surface area contributed by atoms with Crippen molar-refractivity contribution in [1.82, 2.24) is 4.90 Å². The minimum Gasteiger partial charge on any atom is -0.384 e. The van der Waals surface area contributed by atoms with E-state index in [-0.39, 0.29) is 18.2 Å². The second-order valence-electron chi connectivity index (χ2n) is 4.74. The SMILES string of the molecule is COCCN(C(=O)c1cc(C#CCO)ccc1F)C(C)C. The van der Waals surface area contributed by atoms with Crippen molar-refractivity contribution in [1.29, 1.82) is 0 Å². The predicted octanol–water partition coefficient (Wildman–Crippen LogP) is 1.67. The van der Waals surface area contributed by atoms with Gasteiger partial charge in [-0.05, 0) is 32.0 Å². The monoisotopic (exact) mass is 293 g/mol. The van der Waals surface area contributed by atoms with Crippen molar-refractivity contribution in [3.8, 4) is 11.8 Å². The molecule has 0 aliphatic heterocycles. The van der Waals surface area contributed by atoms with Gasteiger partial charge in [0.15, 0.2) is 0 Å². The van der Waals surface area contributed by atoms with Crippen LogP contribution in [0.1, 0.15) is 29.8 Å². The first-order chi connectivity index (χ1) is 10.0. The molecule has 0 unspecified atom stereocenters. The first kappa shape index (κ1) is 17.2. The van der Waals surface area contributed by atoms with E-state index >= 15 is 0 Å². The maximum atomic E-state index is 13.9. The van der Waals surface area contributed by atoms with E-state index in [1.54, 1.807) is 12.0 Å². The topological polar surface area (TPSA) is 49.8 Å². The van der Waals surface area contributed by atoms with E-state index in [0.717, 1.165) is 0 Å². The highest BCUT2D eigenvalue weighted by atomic mass is 19.1. The molecule has 0 fully saturated rings. The molecule has 0 bridgehead atoms. The van der Waals surface area contributed by atoms with Gasteiger partial charge in [-0.15, -0.1) is 0 Å². The van der Waals surface area contributed by atoms with Crippen LogP contribution in [0.5, 0.6) is 0 Å². The van der Waals surface area contributed by atoms with Crippen LogP contribution < -0.4 is 0 Å². The lowest BCUT2D eigenvalue weighted by molar-refractivity contribution is 0.0630. The second kappa shape index (κ2) is 8.40. The molecular formula is C16H20FNO3. The molecule has 114 valence electrons. The number of hydrogen-bond acceptors (Lipinski definition) is 3. The van der Waals surface area contributed by atoms with Gasteiger partial charge in [-0.1, -0.05) is 11.8 Å². The minimum absolute atomic E-state index is 0.0236. The van der Waals surface area contributed by atoms with Gasteiger partial charge in [-0.25, -0.2) is 4.39 Å². The fraction of sp³-hybridized carbons (Fsp3) is 0.438. The Balaban J connectivity index is 3.08. The molecule has 1 amide bonds. The molecular weight excluding hydrogens is 273 g/mol. The highest BCUT2D eigenvalue weighted by molar-refractivity contribution is 5.95. The van der Waals surface area contributed by atoms with Gasteiger partial charge in [0, 0.05) is 25.3 Å². The first-order valence-electron chi connectivity index (χ1n) is 6.70. The number of hydrogen-bond donors (Lipinski definition) is 1. The summed E-state index contributed by atoms with van der Waals surface area (Å²) < 4.78 is 18.9. The third kappa shape index (κ3) is 4.85. The Hall–Kier alpha value is -1.90. The molecule has 21 heavy (non-hydrogen) atoms. The molecule has 0 heterocycles. The quantitative estimate of drug-likeness (QED) is 0.840. The number of carbonyl (C=O) groups excluding carboxylic acids is 1. The summed E-state index contributed by atoms with van der Waals surface area (Å²) >= 11 is 0. The third-order valence-corrected chi connectivity index (χ3v) is 2.93. The minimum atomic E-state index is -0.586. The highest BCUT2D eigenvalue weighted by Gasteiger charge is 2.21. The average Bonchev–Trinajstić information content (AvgIpc) is 2.46. The molecule has 5 heteroatoms. The fourth-order valence-electron chi connectivity index (χ4n) is 1.85. The number of nitrogens with zero attached hydrogens (tertiary/aromatic N) is 1. The third-order valence-electron chi connectivity index (χ3n) is 2.93. The summed E-state index contributed by atoms with van der Waals surface area (Å²) in [6.07, 6.45) is 0. The maximum absolute atomic E-state index is 13.9. The van der Waals surface area contributed by atoms with Gasteiger partial charge in [0.2, 0.25) is 0 Å². The van der Waals surface area contributed by atoms with Crippen molar-refractivity contribution in [3.63, 3.8) is 0 Å². The van der Waals surface area contributed by atoms with E-state index < -0.39 is 11.7 Å². The van der Waals surface area contributed by atoms with E-state index in [1.165, 1.54) is 18.2 Å². The van der Waals surface area contributed by atoms with Gasteiger partial charge >= 0.3 is 0 Å². The Morgan fingerprint density at radius 1 is 1.48 bits per heavy atom. The summed E-state index contributed by atoms with van der Waals surface area (Å²) in [6, 6.07) is 4.02. The van der Waals surface area contributed by atoms with Gasteiger partial charge in [0.05, 0.1) is 12.2 Å². The summed E-state index contributed by atoms with van der Waals surface area (Å²) in [7, 11) is 1.55. The lowest BCUT2D eigenvalue weighted by Crippen LogP contribution is -2.39. The fourth-order valence-corrected chi connectivity index (χ4v) is 1.85. The van der Waals surface area contributed by atoms with Crippen LogP contribution >= 0.6 is 0 Å². The molecule has 0 atom stereocenters. The van der Waals surface area contributed by atoms with Crippen LogP contribution in [0.2, 0.25) is 0 Å². The van der Waals surface area contributed by atoms with Crippen molar-refractivity contribution in [2.75, 3.05) is 26.9 Å². The molecule has 0 radical (unpaired) electrons. The zero-order valence-electron chi connectivity index (χ0n) is 12.5.